The number of aliphatic hydroxyl groups excluding tert-OH is 1. The maximum Gasteiger partial charge on any atom is 0.0626 e. The summed E-state index contributed by atoms with van der Waals surface area (Å²) in [5.74, 6) is 0.695. The first-order valence-corrected chi connectivity index (χ1v) is 6.41. The normalized spacial score (nSPS) is 30.2. The lowest BCUT2D eigenvalue weighted by molar-refractivity contribution is -0.000359. The first-order chi connectivity index (χ1) is 7.60. The van der Waals surface area contributed by atoms with Crippen molar-refractivity contribution in [2.24, 2.45) is 11.3 Å². The molecule has 16 heavy (non-hydrogen) atoms. The Bertz CT molecular complexity index is 194. The molecule has 0 radical (unpaired) electrons. The second-order valence-corrected chi connectivity index (χ2v) is 5.33. The van der Waals surface area contributed by atoms with Crippen LogP contribution in [-0.4, -0.2) is 37.6 Å². The molecule has 1 aliphatic rings. The van der Waals surface area contributed by atoms with E-state index in [1.807, 2.05) is 0 Å². The Hall–Kier alpha value is -0.120. The summed E-state index contributed by atoms with van der Waals surface area (Å²) in [4.78, 5) is 0. The second-order valence-electron chi connectivity index (χ2n) is 5.33. The van der Waals surface area contributed by atoms with Gasteiger partial charge in [-0.25, -0.2) is 0 Å². The predicted octanol–water partition coefficient (Wildman–Crippen LogP) is 2.23. The van der Waals surface area contributed by atoms with Gasteiger partial charge in [0.05, 0.1) is 12.7 Å². The average Bonchev–Trinajstić information content (AvgIpc) is 2.60. The van der Waals surface area contributed by atoms with E-state index in [0.29, 0.717) is 5.92 Å². The highest BCUT2D eigenvalue weighted by atomic mass is 16.5. The molecule has 1 rings (SSSR count). The highest BCUT2D eigenvalue weighted by Crippen LogP contribution is 2.37. The first kappa shape index (κ1) is 13.9. The van der Waals surface area contributed by atoms with Crippen molar-refractivity contribution in [1.29, 1.82) is 0 Å². The van der Waals surface area contributed by atoms with Crippen molar-refractivity contribution in [2.45, 2.75) is 46.1 Å². The quantitative estimate of drug-likeness (QED) is 0.682. The monoisotopic (exact) mass is 230 g/mol. The zero-order valence-corrected chi connectivity index (χ0v) is 10.9. The summed E-state index contributed by atoms with van der Waals surface area (Å²) < 4.78 is 11.2. The van der Waals surface area contributed by atoms with Crippen LogP contribution in [0.25, 0.3) is 0 Å². The van der Waals surface area contributed by atoms with Gasteiger partial charge in [0.1, 0.15) is 0 Å². The van der Waals surface area contributed by atoms with Crippen LogP contribution >= 0.6 is 0 Å². The Labute approximate surface area is 99.1 Å². The van der Waals surface area contributed by atoms with Gasteiger partial charge in [-0.2, -0.15) is 0 Å². The smallest absolute Gasteiger partial charge is 0.0626 e. The second kappa shape index (κ2) is 6.58. The minimum absolute atomic E-state index is 0.0577. The molecule has 0 aromatic carbocycles. The summed E-state index contributed by atoms with van der Waals surface area (Å²) in [6.07, 6.45) is 3.13. The van der Waals surface area contributed by atoms with Gasteiger partial charge in [-0.05, 0) is 32.1 Å². The van der Waals surface area contributed by atoms with Crippen LogP contribution in [0.4, 0.5) is 0 Å². The van der Waals surface area contributed by atoms with Gasteiger partial charge in [-0.1, -0.05) is 13.8 Å². The molecule has 1 N–H and O–H groups in total. The van der Waals surface area contributed by atoms with Gasteiger partial charge in [-0.3, -0.25) is 0 Å². The highest BCUT2D eigenvalue weighted by molar-refractivity contribution is 4.88. The van der Waals surface area contributed by atoms with Crippen molar-refractivity contribution in [3.63, 3.8) is 0 Å². The molecule has 3 heteroatoms. The van der Waals surface area contributed by atoms with Gasteiger partial charge in [0.15, 0.2) is 0 Å². The molecule has 96 valence electrons. The summed E-state index contributed by atoms with van der Waals surface area (Å²) in [7, 11) is 0. The molecular formula is C13H26O3. The number of rotatable bonds is 7. The summed E-state index contributed by atoms with van der Waals surface area (Å²) in [6.45, 7) is 9.00. The van der Waals surface area contributed by atoms with Gasteiger partial charge < -0.3 is 14.6 Å². The summed E-state index contributed by atoms with van der Waals surface area (Å²) in [6, 6.07) is 0. The van der Waals surface area contributed by atoms with Crippen LogP contribution in [0, 0.1) is 11.3 Å². The van der Waals surface area contributed by atoms with E-state index in [4.69, 9.17) is 9.47 Å². The van der Waals surface area contributed by atoms with Crippen molar-refractivity contribution in [3.05, 3.63) is 0 Å². The summed E-state index contributed by atoms with van der Waals surface area (Å²) >= 11 is 0. The van der Waals surface area contributed by atoms with E-state index in [1.165, 1.54) is 0 Å². The molecule has 0 aromatic rings. The lowest BCUT2D eigenvalue weighted by Crippen LogP contribution is -2.34. The number of aliphatic hydroxyl groups is 1. The fourth-order valence-electron chi connectivity index (χ4n) is 2.13. The minimum Gasteiger partial charge on any atom is -0.396 e. The van der Waals surface area contributed by atoms with Gasteiger partial charge in [0.25, 0.3) is 0 Å². The Morgan fingerprint density at radius 2 is 2.19 bits per heavy atom. The third-order valence-corrected chi connectivity index (χ3v) is 3.73. The van der Waals surface area contributed by atoms with Crippen LogP contribution in [-0.2, 0) is 9.47 Å². The molecule has 0 amide bonds. The van der Waals surface area contributed by atoms with Crippen LogP contribution in [0.5, 0.6) is 0 Å². The Balaban J connectivity index is 2.19. The average molecular weight is 230 g/mol. The maximum atomic E-state index is 9.50. The Morgan fingerprint density at radius 3 is 2.69 bits per heavy atom. The molecule has 1 heterocycles. The fraction of sp³-hybridized carbons (Fsp3) is 1.00. The molecule has 1 fully saturated rings. The largest absolute Gasteiger partial charge is 0.396 e. The Morgan fingerprint density at radius 1 is 1.44 bits per heavy atom. The molecule has 0 aromatic heterocycles. The standard InChI is InChI=1S/C13H26O3/c1-11(2)4-7-15-8-5-13(10-14)6-9-16-12(13)3/h11-12,14H,4-10H2,1-3H3. The van der Waals surface area contributed by atoms with E-state index >= 15 is 0 Å². The topological polar surface area (TPSA) is 38.7 Å². The third-order valence-electron chi connectivity index (χ3n) is 3.73. The van der Waals surface area contributed by atoms with Crippen LogP contribution < -0.4 is 0 Å². The van der Waals surface area contributed by atoms with Crippen LogP contribution in [0.15, 0.2) is 0 Å². The van der Waals surface area contributed by atoms with Crippen molar-refractivity contribution < 1.29 is 14.6 Å². The zero-order valence-electron chi connectivity index (χ0n) is 10.9. The van der Waals surface area contributed by atoms with Crippen molar-refractivity contribution in [1.82, 2.24) is 0 Å². The van der Waals surface area contributed by atoms with Crippen LogP contribution in [0.3, 0.4) is 0 Å². The highest BCUT2D eigenvalue weighted by Gasteiger charge is 2.40. The molecule has 1 saturated heterocycles. The molecule has 0 bridgehead atoms. The van der Waals surface area contributed by atoms with Crippen LogP contribution in [0.1, 0.15) is 40.0 Å². The molecule has 0 saturated carbocycles. The number of hydrogen-bond acceptors (Lipinski definition) is 3. The van der Waals surface area contributed by atoms with E-state index in [0.717, 1.165) is 39.1 Å². The molecule has 2 atom stereocenters. The Kier molecular flexibility index (Phi) is 5.73. The van der Waals surface area contributed by atoms with Crippen LogP contribution in [0.2, 0.25) is 0 Å². The van der Waals surface area contributed by atoms with Gasteiger partial charge in [0, 0.05) is 25.2 Å². The summed E-state index contributed by atoms with van der Waals surface area (Å²) in [5, 5.41) is 9.50. The molecule has 2 unspecified atom stereocenters. The van der Waals surface area contributed by atoms with E-state index < -0.39 is 0 Å². The van der Waals surface area contributed by atoms with Gasteiger partial charge in [-0.15, -0.1) is 0 Å². The molecule has 1 aliphatic heterocycles. The van der Waals surface area contributed by atoms with E-state index in [9.17, 15) is 5.11 Å². The minimum atomic E-state index is -0.0577. The van der Waals surface area contributed by atoms with Crippen molar-refractivity contribution in [2.75, 3.05) is 26.4 Å². The van der Waals surface area contributed by atoms with Gasteiger partial charge >= 0.3 is 0 Å². The first-order valence-electron chi connectivity index (χ1n) is 6.41. The fourth-order valence-corrected chi connectivity index (χ4v) is 2.13. The molecule has 0 spiro atoms. The number of hydrogen-bond donors (Lipinski definition) is 1. The third kappa shape index (κ3) is 3.72. The SMILES string of the molecule is CC(C)CCOCCC1(CO)CCOC1C. The van der Waals surface area contributed by atoms with Crippen molar-refractivity contribution in [3.8, 4) is 0 Å². The maximum absolute atomic E-state index is 9.50. The lowest BCUT2D eigenvalue weighted by Gasteiger charge is -2.29. The van der Waals surface area contributed by atoms with E-state index in [1.54, 1.807) is 0 Å². The van der Waals surface area contributed by atoms with E-state index in [-0.39, 0.29) is 18.1 Å². The zero-order chi connectivity index (χ0) is 12.0. The molecule has 3 nitrogen and oxygen atoms in total. The number of ether oxygens (including phenoxy) is 2. The lowest BCUT2D eigenvalue weighted by atomic mass is 9.80. The van der Waals surface area contributed by atoms with Gasteiger partial charge in [0.2, 0.25) is 0 Å². The van der Waals surface area contributed by atoms with Crippen molar-refractivity contribution >= 4 is 0 Å². The summed E-state index contributed by atoms with van der Waals surface area (Å²) in [5.41, 5.74) is -0.0577. The predicted molar refractivity (Wildman–Crippen MR) is 64.4 cm³/mol. The van der Waals surface area contributed by atoms with E-state index in [2.05, 4.69) is 20.8 Å². The molecular weight excluding hydrogens is 204 g/mol. The molecule has 0 aliphatic carbocycles.